The SMILES string of the molecule is CN1CCN(CB(F)F)CC1.CN1CCN(Cc2ccc3nc(N)nc(C(=O)N4Cc5ccccc5C4)c3c2)CC1.Nc1nc(C(=O)N2Cc3ccccc3C2)c2cc(I)ccc2n1.[F-].[K+]. The van der Waals surface area contributed by atoms with Crippen molar-refractivity contribution >= 4 is 75.4 Å². The summed E-state index contributed by atoms with van der Waals surface area (Å²) in [6, 6.07) is 28.1. The molecule has 0 radical (unpaired) electrons. The van der Waals surface area contributed by atoms with E-state index in [1.54, 1.807) is 4.90 Å². The average Bonchev–Trinajstić information content (AvgIpc) is 3.93. The monoisotopic (exact) mass is 1040 g/mol. The van der Waals surface area contributed by atoms with Crippen molar-refractivity contribution in [1.82, 2.24) is 49.3 Å². The maximum atomic E-state index is 13.4. The van der Waals surface area contributed by atoms with Crippen molar-refractivity contribution in [3.8, 4) is 0 Å². The van der Waals surface area contributed by atoms with E-state index >= 15 is 0 Å². The molecule has 0 saturated carbocycles. The molecule has 66 heavy (non-hydrogen) atoms. The van der Waals surface area contributed by atoms with E-state index in [0.29, 0.717) is 48.6 Å². The number of hydrogen-bond donors (Lipinski definition) is 2. The Kier molecular flexibility index (Phi) is 18.3. The van der Waals surface area contributed by atoms with E-state index in [4.69, 9.17) is 11.5 Å². The molecule has 4 N–H and O–H groups in total. The third-order valence-corrected chi connectivity index (χ3v) is 12.8. The first-order chi connectivity index (χ1) is 30.9. The summed E-state index contributed by atoms with van der Waals surface area (Å²) in [5, 5.41) is 1.52. The summed E-state index contributed by atoms with van der Waals surface area (Å²) in [5.74, 6) is 0.0532. The van der Waals surface area contributed by atoms with Gasteiger partial charge in [0.1, 0.15) is 11.4 Å². The number of carbonyl (C=O) groups excluding carboxylic acids is 2. The van der Waals surface area contributed by atoms with Gasteiger partial charge in [-0.1, -0.05) is 54.6 Å². The van der Waals surface area contributed by atoms with E-state index in [0.717, 1.165) is 73.2 Å². The van der Waals surface area contributed by atoms with Crippen LogP contribution < -0.4 is 67.6 Å². The second-order valence-electron chi connectivity index (χ2n) is 16.8. The average molecular weight is 1040 g/mol. The van der Waals surface area contributed by atoms with Crippen LogP contribution in [0.5, 0.6) is 0 Å². The number of rotatable bonds is 6. The smallest absolute Gasteiger partial charge is 1.00 e. The van der Waals surface area contributed by atoms with Gasteiger partial charge in [0, 0.05) is 106 Å². The summed E-state index contributed by atoms with van der Waals surface area (Å²) in [4.78, 5) is 55.9. The van der Waals surface area contributed by atoms with Crippen LogP contribution >= 0.6 is 22.6 Å². The second-order valence-corrected chi connectivity index (χ2v) is 18.1. The predicted molar refractivity (Wildman–Crippen MR) is 255 cm³/mol. The Morgan fingerprint density at radius 1 is 0.606 bits per heavy atom. The Morgan fingerprint density at radius 2 is 1.02 bits per heavy atom. The minimum absolute atomic E-state index is 0. The predicted octanol–water partition coefficient (Wildman–Crippen LogP) is -0.704. The van der Waals surface area contributed by atoms with Gasteiger partial charge in [0.15, 0.2) is 0 Å². The first-order valence-corrected chi connectivity index (χ1v) is 22.6. The van der Waals surface area contributed by atoms with Crippen molar-refractivity contribution in [2.24, 2.45) is 0 Å². The molecule has 6 heterocycles. The van der Waals surface area contributed by atoms with Crippen molar-refractivity contribution in [2.75, 3.05) is 84.4 Å². The molecule has 0 unspecified atom stereocenters. The quantitative estimate of drug-likeness (QED) is 0.160. The molecule has 4 aromatic carbocycles. The summed E-state index contributed by atoms with van der Waals surface area (Å²) in [7, 11) is 1.99. The Hall–Kier alpha value is -3.84. The number of hydrogen-bond acceptors (Lipinski definition) is 12. The van der Waals surface area contributed by atoms with Crippen LogP contribution in [0.1, 0.15) is 48.8 Å². The second kappa shape index (κ2) is 23.4. The largest absolute Gasteiger partial charge is 1.00 e. The number of nitrogens with zero attached hydrogens (tertiary/aromatic N) is 10. The zero-order valence-electron chi connectivity index (χ0n) is 37.5. The molecule has 10 rings (SSSR count). The first kappa shape index (κ1) is 51.6. The first-order valence-electron chi connectivity index (χ1n) is 21.5. The number of likely N-dealkylation sites (N-methyl/N-ethyl adjacent to an activating group) is 2. The molecular formula is C46H52BF3IKN12O2. The Balaban J connectivity index is 0.000000177. The van der Waals surface area contributed by atoms with Crippen molar-refractivity contribution < 1.29 is 74.3 Å². The van der Waals surface area contributed by atoms with Gasteiger partial charge in [-0.15, -0.1) is 0 Å². The molecule has 340 valence electrons. The zero-order chi connectivity index (χ0) is 44.9. The molecule has 2 amide bonds. The Bertz CT molecular complexity index is 2610. The van der Waals surface area contributed by atoms with Crippen LogP contribution in [0, 0.1) is 3.57 Å². The van der Waals surface area contributed by atoms with Gasteiger partial charge in [0.2, 0.25) is 11.9 Å². The van der Waals surface area contributed by atoms with Crippen LogP contribution in [0.25, 0.3) is 21.8 Å². The number of fused-ring (bicyclic) bond motifs is 4. The summed E-state index contributed by atoms with van der Waals surface area (Å²) >= 11 is 2.21. The van der Waals surface area contributed by atoms with E-state index in [2.05, 4.69) is 101 Å². The maximum absolute atomic E-state index is 13.4. The molecule has 20 heteroatoms. The topological polar surface area (TPSA) is 157 Å². The van der Waals surface area contributed by atoms with Crippen LogP contribution in [0.15, 0.2) is 84.9 Å². The van der Waals surface area contributed by atoms with Gasteiger partial charge in [-0.3, -0.25) is 23.1 Å². The third kappa shape index (κ3) is 12.8. The minimum Gasteiger partial charge on any atom is -1.00 e. The van der Waals surface area contributed by atoms with E-state index in [1.165, 1.54) is 27.8 Å². The van der Waals surface area contributed by atoms with Gasteiger partial charge >= 0.3 is 58.7 Å². The molecule has 0 atom stereocenters. The van der Waals surface area contributed by atoms with Gasteiger partial charge in [-0.05, 0) is 94.8 Å². The summed E-state index contributed by atoms with van der Waals surface area (Å²) in [5.41, 5.74) is 19.8. The number of halogens is 4. The number of amides is 2. The fourth-order valence-corrected chi connectivity index (χ4v) is 8.97. The van der Waals surface area contributed by atoms with Gasteiger partial charge in [-0.2, -0.15) is 0 Å². The van der Waals surface area contributed by atoms with Gasteiger partial charge in [-0.25, -0.2) is 19.9 Å². The number of aromatic nitrogens is 4. The number of nitrogen functional groups attached to an aromatic ring is 2. The molecule has 14 nitrogen and oxygen atoms in total. The van der Waals surface area contributed by atoms with E-state index in [9.17, 15) is 18.2 Å². The fraction of sp³-hybridized carbons (Fsp3) is 0.348. The molecule has 0 bridgehead atoms. The molecule has 4 aliphatic heterocycles. The number of piperazine rings is 2. The number of carbonyl (C=O) groups is 2. The fourth-order valence-electron chi connectivity index (χ4n) is 8.48. The van der Waals surface area contributed by atoms with Crippen LogP contribution in [0.4, 0.5) is 20.5 Å². The standard InChI is InChI=1S/C23H26N6O.C17H13IN4O.C6H13BF2N2.FH.K/c1-27-8-10-28(11-9-27)13-16-6-7-20-19(12-16)21(26-23(24)25-20)22(30)29-14-17-4-2-3-5-18(17)15-29;18-12-5-6-14-13(7-12)15(21-17(19)20-14)16(23)22-8-10-3-1-2-4-11(10)9-22;1-10-2-4-11(5-3-10)6-7(8)9;;/h2-7,12H,8-11,13-15H2,1H3,(H2,24,25,26);1-7H,8-9H2,(H2,19,20,21);2-6H2,1H3;1H;/q;;;;+1/p-1. The van der Waals surface area contributed by atoms with E-state index in [1.807, 2.05) is 65.4 Å². The number of nitrogens with two attached hydrogens (primary N) is 2. The van der Waals surface area contributed by atoms with Crippen LogP contribution in [-0.4, -0.2) is 141 Å². The minimum atomic E-state index is -2.18. The van der Waals surface area contributed by atoms with E-state index in [-0.39, 0.29) is 86.2 Å². The molecule has 0 spiro atoms. The summed E-state index contributed by atoms with van der Waals surface area (Å²) < 4.78 is 24.8. The number of anilines is 2. The zero-order valence-corrected chi connectivity index (χ0v) is 42.8. The normalized spacial score (nSPS) is 16.3. The number of benzene rings is 4. The third-order valence-electron chi connectivity index (χ3n) is 12.1. The molecule has 2 aromatic heterocycles. The van der Waals surface area contributed by atoms with Gasteiger partial charge < -0.3 is 40.7 Å². The van der Waals surface area contributed by atoms with Crippen LogP contribution in [0.2, 0.25) is 0 Å². The van der Waals surface area contributed by atoms with Crippen molar-refractivity contribution in [2.45, 2.75) is 32.7 Å². The molecular weight excluding hydrogens is 986 g/mol. The molecule has 0 aliphatic carbocycles. The van der Waals surface area contributed by atoms with Gasteiger partial charge in [0.25, 0.3) is 11.8 Å². The summed E-state index contributed by atoms with van der Waals surface area (Å²) in [6.45, 7) is 10.9. The van der Waals surface area contributed by atoms with Gasteiger partial charge in [0.05, 0.1) is 11.0 Å². The molecule has 2 saturated heterocycles. The van der Waals surface area contributed by atoms with Crippen LogP contribution in [0.3, 0.4) is 0 Å². The van der Waals surface area contributed by atoms with E-state index < -0.39 is 7.27 Å². The van der Waals surface area contributed by atoms with Crippen molar-refractivity contribution in [3.05, 3.63) is 128 Å². The van der Waals surface area contributed by atoms with Crippen molar-refractivity contribution in [1.29, 1.82) is 0 Å². The summed E-state index contributed by atoms with van der Waals surface area (Å²) in [6.07, 6.45) is -0.0617. The van der Waals surface area contributed by atoms with Crippen molar-refractivity contribution in [3.63, 3.8) is 0 Å². The molecule has 2 fully saturated rings. The van der Waals surface area contributed by atoms with Crippen LogP contribution in [-0.2, 0) is 32.7 Å². The Labute approximate surface area is 439 Å². The Morgan fingerprint density at radius 3 is 1.45 bits per heavy atom. The maximum Gasteiger partial charge on any atom is 1.00 e. The molecule has 6 aromatic rings. The molecule has 4 aliphatic rings.